The average Bonchev–Trinajstić information content (AvgIpc) is 2.98. The summed E-state index contributed by atoms with van der Waals surface area (Å²) in [4.78, 5) is 25.1. The van der Waals surface area contributed by atoms with Gasteiger partial charge in [-0.25, -0.2) is 4.79 Å². The molecule has 3 rings (SSSR count). The van der Waals surface area contributed by atoms with E-state index in [0.29, 0.717) is 10.7 Å². The van der Waals surface area contributed by atoms with Gasteiger partial charge in [0.25, 0.3) is 0 Å². The van der Waals surface area contributed by atoms with Crippen molar-refractivity contribution in [3.8, 4) is 0 Å². The molecule has 0 radical (unpaired) electrons. The van der Waals surface area contributed by atoms with E-state index in [1.54, 1.807) is 17.8 Å². The zero-order valence-electron chi connectivity index (χ0n) is 10.7. The van der Waals surface area contributed by atoms with Gasteiger partial charge in [0.15, 0.2) is 0 Å². The normalized spacial score (nSPS) is 25.2. The van der Waals surface area contributed by atoms with Crippen LogP contribution in [0, 0.1) is 0 Å². The van der Waals surface area contributed by atoms with Crippen molar-refractivity contribution in [3.63, 3.8) is 0 Å². The fourth-order valence-corrected chi connectivity index (χ4v) is 4.43. The number of nitrogens with one attached hydrogen (secondary N) is 1. The molecular formula is C12H12N4O3S2. The van der Waals surface area contributed by atoms with Gasteiger partial charge in [0.2, 0.25) is 5.91 Å². The highest BCUT2D eigenvalue weighted by Gasteiger charge is 2.51. The molecule has 0 unspecified atom stereocenters. The molecule has 1 aromatic heterocycles. The van der Waals surface area contributed by atoms with Crippen LogP contribution in [0.3, 0.4) is 0 Å². The quantitative estimate of drug-likeness (QED) is 0.697. The van der Waals surface area contributed by atoms with Crippen LogP contribution in [-0.2, 0) is 9.59 Å². The van der Waals surface area contributed by atoms with Gasteiger partial charge in [-0.1, -0.05) is 11.8 Å². The van der Waals surface area contributed by atoms with Gasteiger partial charge >= 0.3 is 5.97 Å². The molecule has 1 saturated heterocycles. The highest BCUT2D eigenvalue weighted by molar-refractivity contribution is 8.08. The first-order valence-electron chi connectivity index (χ1n) is 6.08. The fourth-order valence-electron chi connectivity index (χ4n) is 2.12. The molecule has 7 nitrogen and oxygen atoms in total. The van der Waals surface area contributed by atoms with E-state index in [1.807, 2.05) is 6.08 Å². The molecule has 0 aliphatic carbocycles. The molecule has 0 spiro atoms. The highest BCUT2D eigenvalue weighted by Crippen LogP contribution is 2.42. The Labute approximate surface area is 128 Å². The van der Waals surface area contributed by atoms with Crippen LogP contribution in [-0.4, -0.2) is 49.2 Å². The number of hydrogen-bond acceptors (Lipinski definition) is 6. The van der Waals surface area contributed by atoms with E-state index >= 15 is 0 Å². The Bertz CT molecular complexity index is 641. The first-order valence-corrected chi connectivity index (χ1v) is 8.01. The number of carbonyl (C=O) groups is 2. The van der Waals surface area contributed by atoms with E-state index in [4.69, 9.17) is 5.73 Å². The molecule has 3 heterocycles. The van der Waals surface area contributed by atoms with Gasteiger partial charge in [-0.2, -0.15) is 5.10 Å². The Morgan fingerprint density at radius 3 is 3.14 bits per heavy atom. The molecule has 2 aliphatic heterocycles. The van der Waals surface area contributed by atoms with Crippen molar-refractivity contribution in [2.75, 3.05) is 5.75 Å². The SMILES string of the molecule is N[C@@H]1C(=O)N2C(C(=O)O)=C(SC=Cc3cn[nH]c3)CS[C@@H]12. The standard InChI is InChI=1S/C12H12N4O3S2/c13-8-10(17)16-9(12(18)19)7(5-21-11(8)16)20-2-1-6-3-14-15-4-6/h1-4,8,11H,5,13H2,(H,14,15)(H,18,19)/t8-,11+/m1/s1. The van der Waals surface area contributed by atoms with Gasteiger partial charge in [0.1, 0.15) is 17.1 Å². The van der Waals surface area contributed by atoms with Gasteiger partial charge in [0, 0.05) is 22.4 Å². The number of amides is 1. The Morgan fingerprint density at radius 2 is 2.48 bits per heavy atom. The van der Waals surface area contributed by atoms with Crippen molar-refractivity contribution in [3.05, 3.63) is 34.0 Å². The molecule has 4 N–H and O–H groups in total. The Kier molecular flexibility index (Phi) is 3.79. The number of thioether (sulfide) groups is 2. The molecule has 0 aromatic carbocycles. The number of fused-ring (bicyclic) bond motifs is 1. The number of carbonyl (C=O) groups excluding carboxylic acids is 1. The molecule has 21 heavy (non-hydrogen) atoms. The van der Waals surface area contributed by atoms with E-state index in [2.05, 4.69) is 10.2 Å². The summed E-state index contributed by atoms with van der Waals surface area (Å²) in [6.07, 6.45) is 5.21. The molecule has 0 saturated carbocycles. The van der Waals surface area contributed by atoms with E-state index in [-0.39, 0.29) is 17.0 Å². The van der Waals surface area contributed by atoms with Crippen LogP contribution in [0.25, 0.3) is 6.08 Å². The predicted octanol–water partition coefficient (Wildman–Crippen LogP) is 0.652. The number of aromatic amines is 1. The Balaban J connectivity index is 1.81. The highest BCUT2D eigenvalue weighted by atomic mass is 32.2. The summed E-state index contributed by atoms with van der Waals surface area (Å²) in [6.45, 7) is 0. The van der Waals surface area contributed by atoms with E-state index < -0.39 is 12.0 Å². The minimum Gasteiger partial charge on any atom is -0.477 e. The topological polar surface area (TPSA) is 112 Å². The second-order valence-electron chi connectivity index (χ2n) is 4.46. The van der Waals surface area contributed by atoms with E-state index in [1.165, 1.54) is 28.4 Å². The van der Waals surface area contributed by atoms with Gasteiger partial charge in [0.05, 0.1) is 6.20 Å². The number of H-pyrrole nitrogens is 1. The van der Waals surface area contributed by atoms with Crippen LogP contribution in [0.15, 0.2) is 28.4 Å². The summed E-state index contributed by atoms with van der Waals surface area (Å²) in [5.41, 5.74) is 6.63. The van der Waals surface area contributed by atoms with Crippen molar-refractivity contribution >= 4 is 41.5 Å². The maximum absolute atomic E-state index is 11.8. The number of β-lactam (4-membered cyclic amide) rings is 1. The minimum atomic E-state index is -1.10. The second-order valence-corrected chi connectivity index (χ2v) is 6.57. The monoisotopic (exact) mass is 324 g/mol. The van der Waals surface area contributed by atoms with Gasteiger partial charge in [-0.05, 0) is 11.5 Å². The lowest BCUT2D eigenvalue weighted by Gasteiger charge is -2.47. The first-order chi connectivity index (χ1) is 10.1. The van der Waals surface area contributed by atoms with Crippen LogP contribution in [0.1, 0.15) is 5.56 Å². The minimum absolute atomic E-state index is 0.0484. The van der Waals surface area contributed by atoms with Crippen LogP contribution >= 0.6 is 23.5 Å². The van der Waals surface area contributed by atoms with Crippen molar-refractivity contribution in [2.24, 2.45) is 5.73 Å². The number of nitrogens with two attached hydrogens (primary N) is 1. The van der Waals surface area contributed by atoms with E-state index in [9.17, 15) is 14.7 Å². The Morgan fingerprint density at radius 1 is 1.67 bits per heavy atom. The van der Waals surface area contributed by atoms with Crippen LogP contribution in [0.4, 0.5) is 0 Å². The number of aromatic nitrogens is 2. The molecular weight excluding hydrogens is 312 g/mol. The van der Waals surface area contributed by atoms with Crippen molar-refractivity contribution in [1.29, 1.82) is 0 Å². The van der Waals surface area contributed by atoms with Crippen molar-refractivity contribution in [2.45, 2.75) is 11.4 Å². The van der Waals surface area contributed by atoms with Gasteiger partial charge in [-0.15, -0.1) is 11.8 Å². The summed E-state index contributed by atoms with van der Waals surface area (Å²) >= 11 is 2.78. The second kappa shape index (κ2) is 5.58. The smallest absolute Gasteiger partial charge is 0.353 e. The largest absolute Gasteiger partial charge is 0.477 e. The summed E-state index contributed by atoms with van der Waals surface area (Å²) < 4.78 is 0. The molecule has 0 bridgehead atoms. The number of carboxylic acids is 1. The lowest BCUT2D eigenvalue weighted by Crippen LogP contribution is -2.68. The van der Waals surface area contributed by atoms with Gasteiger partial charge in [-0.3, -0.25) is 14.8 Å². The molecule has 1 aromatic rings. The molecule has 2 atom stereocenters. The summed E-state index contributed by atoms with van der Waals surface area (Å²) in [7, 11) is 0. The van der Waals surface area contributed by atoms with E-state index in [0.717, 1.165) is 5.56 Å². The fraction of sp³-hybridized carbons (Fsp3) is 0.250. The number of rotatable bonds is 4. The molecule has 9 heteroatoms. The molecule has 1 fully saturated rings. The number of nitrogens with zero attached hydrogens (tertiary/aromatic N) is 2. The van der Waals surface area contributed by atoms with Crippen LogP contribution in [0.5, 0.6) is 0 Å². The Hall–Kier alpha value is -1.71. The molecule has 2 aliphatic rings. The lowest BCUT2D eigenvalue weighted by atomic mass is 10.1. The van der Waals surface area contributed by atoms with Crippen molar-refractivity contribution in [1.82, 2.24) is 15.1 Å². The molecule has 1 amide bonds. The van der Waals surface area contributed by atoms with Crippen molar-refractivity contribution < 1.29 is 14.7 Å². The third-order valence-corrected chi connectivity index (χ3v) is 5.55. The number of aliphatic carboxylic acids is 1. The maximum atomic E-state index is 11.8. The third kappa shape index (κ3) is 2.47. The zero-order valence-corrected chi connectivity index (χ0v) is 12.4. The number of hydrogen-bond donors (Lipinski definition) is 3. The number of carboxylic acid groups (broad SMARTS) is 1. The maximum Gasteiger partial charge on any atom is 0.353 e. The lowest BCUT2D eigenvalue weighted by molar-refractivity contribution is -0.147. The third-order valence-electron chi connectivity index (χ3n) is 3.17. The summed E-state index contributed by atoms with van der Waals surface area (Å²) in [5, 5.41) is 17.4. The average molecular weight is 324 g/mol. The first kappa shape index (κ1) is 14.2. The summed E-state index contributed by atoms with van der Waals surface area (Å²) in [6, 6.07) is -0.600. The van der Waals surface area contributed by atoms with Crippen LogP contribution < -0.4 is 5.73 Å². The van der Waals surface area contributed by atoms with Gasteiger partial charge < -0.3 is 10.8 Å². The zero-order chi connectivity index (χ0) is 15.0. The predicted molar refractivity (Wildman–Crippen MR) is 80.9 cm³/mol. The molecule has 110 valence electrons. The van der Waals surface area contributed by atoms with Crippen LogP contribution in [0.2, 0.25) is 0 Å². The summed E-state index contributed by atoms with van der Waals surface area (Å²) in [5.74, 6) is -0.897.